The first-order chi connectivity index (χ1) is 7.16. The van der Waals surface area contributed by atoms with Crippen molar-refractivity contribution in [1.29, 1.82) is 0 Å². The highest BCUT2D eigenvalue weighted by molar-refractivity contribution is 5.43. The summed E-state index contributed by atoms with van der Waals surface area (Å²) in [6.45, 7) is 6.02. The molecule has 0 radical (unpaired) electrons. The van der Waals surface area contributed by atoms with Gasteiger partial charge in [0.2, 0.25) is 0 Å². The van der Waals surface area contributed by atoms with E-state index in [4.69, 9.17) is 9.47 Å². The first-order valence-electron chi connectivity index (χ1n) is 5.44. The van der Waals surface area contributed by atoms with E-state index in [2.05, 4.69) is 4.98 Å². The van der Waals surface area contributed by atoms with Gasteiger partial charge >= 0.3 is 0 Å². The molecule has 2 rings (SSSR count). The van der Waals surface area contributed by atoms with Crippen molar-refractivity contribution in [3.8, 4) is 11.5 Å². The van der Waals surface area contributed by atoms with Crippen molar-refractivity contribution < 1.29 is 9.47 Å². The van der Waals surface area contributed by atoms with Crippen LogP contribution in [0.15, 0.2) is 12.4 Å². The third-order valence-corrected chi connectivity index (χ3v) is 2.21. The molecular formula is C12H17NO2. The van der Waals surface area contributed by atoms with E-state index in [1.807, 2.05) is 20.8 Å². The summed E-state index contributed by atoms with van der Waals surface area (Å²) in [4.78, 5) is 4.13. The standard InChI is InChI=1S/C12H17NO2/c1-8(2)14-12-9(3)6-13-7-11(12)15-10-4-5-10/h6-8,10H,4-5H2,1-3H3. The minimum Gasteiger partial charge on any atom is -0.487 e. The molecule has 0 atom stereocenters. The van der Waals surface area contributed by atoms with Crippen LogP contribution in [0.5, 0.6) is 11.5 Å². The number of aromatic nitrogens is 1. The fourth-order valence-corrected chi connectivity index (χ4v) is 1.36. The van der Waals surface area contributed by atoms with Gasteiger partial charge in [-0.2, -0.15) is 0 Å². The second kappa shape index (κ2) is 4.09. The third kappa shape index (κ3) is 2.61. The van der Waals surface area contributed by atoms with Gasteiger partial charge in [0.05, 0.1) is 18.4 Å². The molecule has 0 aliphatic heterocycles. The van der Waals surface area contributed by atoms with Crippen molar-refractivity contribution in [2.75, 3.05) is 0 Å². The SMILES string of the molecule is Cc1cncc(OC2CC2)c1OC(C)C. The molecule has 1 aromatic rings. The van der Waals surface area contributed by atoms with Gasteiger partial charge in [-0.25, -0.2) is 0 Å². The van der Waals surface area contributed by atoms with Crippen LogP contribution in [0.4, 0.5) is 0 Å². The van der Waals surface area contributed by atoms with E-state index in [0.717, 1.165) is 29.9 Å². The lowest BCUT2D eigenvalue weighted by Crippen LogP contribution is -2.09. The lowest BCUT2D eigenvalue weighted by molar-refractivity contribution is 0.215. The fraction of sp³-hybridized carbons (Fsp3) is 0.583. The van der Waals surface area contributed by atoms with Crippen LogP contribution in [-0.4, -0.2) is 17.2 Å². The van der Waals surface area contributed by atoms with E-state index in [0.29, 0.717) is 6.10 Å². The molecule has 1 fully saturated rings. The summed E-state index contributed by atoms with van der Waals surface area (Å²) >= 11 is 0. The molecule has 0 unspecified atom stereocenters. The second-order valence-electron chi connectivity index (χ2n) is 4.27. The van der Waals surface area contributed by atoms with E-state index in [9.17, 15) is 0 Å². The highest BCUT2D eigenvalue weighted by atomic mass is 16.5. The normalized spacial score (nSPS) is 15.5. The monoisotopic (exact) mass is 207 g/mol. The minimum absolute atomic E-state index is 0.160. The number of hydrogen-bond acceptors (Lipinski definition) is 3. The third-order valence-electron chi connectivity index (χ3n) is 2.21. The van der Waals surface area contributed by atoms with Crippen LogP contribution in [0.25, 0.3) is 0 Å². The summed E-state index contributed by atoms with van der Waals surface area (Å²) in [5, 5.41) is 0. The Morgan fingerprint density at radius 1 is 1.33 bits per heavy atom. The van der Waals surface area contributed by atoms with Gasteiger partial charge in [0.15, 0.2) is 11.5 Å². The molecule has 3 heteroatoms. The summed E-state index contributed by atoms with van der Waals surface area (Å²) in [5.41, 5.74) is 1.03. The molecule has 0 spiro atoms. The van der Waals surface area contributed by atoms with E-state index < -0.39 is 0 Å². The molecule has 1 aliphatic carbocycles. The summed E-state index contributed by atoms with van der Waals surface area (Å²) in [5.74, 6) is 1.62. The number of pyridine rings is 1. The quantitative estimate of drug-likeness (QED) is 0.760. The van der Waals surface area contributed by atoms with E-state index in [1.54, 1.807) is 12.4 Å². The van der Waals surface area contributed by atoms with Crippen molar-refractivity contribution in [3.63, 3.8) is 0 Å². The Kier molecular flexibility index (Phi) is 2.80. The van der Waals surface area contributed by atoms with Gasteiger partial charge < -0.3 is 9.47 Å². The van der Waals surface area contributed by atoms with Crippen LogP contribution in [0, 0.1) is 6.92 Å². The Morgan fingerprint density at radius 2 is 2.07 bits per heavy atom. The van der Waals surface area contributed by atoms with Crippen molar-refractivity contribution in [1.82, 2.24) is 4.98 Å². The summed E-state index contributed by atoms with van der Waals surface area (Å²) in [7, 11) is 0. The maximum Gasteiger partial charge on any atom is 0.180 e. The Bertz CT molecular complexity index is 345. The Morgan fingerprint density at radius 3 is 2.67 bits per heavy atom. The van der Waals surface area contributed by atoms with Gasteiger partial charge in [-0.15, -0.1) is 0 Å². The highest BCUT2D eigenvalue weighted by Gasteiger charge is 2.25. The Labute approximate surface area is 90.4 Å². The van der Waals surface area contributed by atoms with Crippen LogP contribution in [0.3, 0.4) is 0 Å². The average molecular weight is 207 g/mol. The zero-order valence-electron chi connectivity index (χ0n) is 9.49. The number of nitrogens with zero attached hydrogens (tertiary/aromatic N) is 1. The first-order valence-corrected chi connectivity index (χ1v) is 5.44. The van der Waals surface area contributed by atoms with E-state index in [1.165, 1.54) is 0 Å². The maximum absolute atomic E-state index is 5.75. The number of ether oxygens (including phenoxy) is 2. The number of aryl methyl sites for hydroxylation is 1. The molecule has 1 aromatic heterocycles. The zero-order chi connectivity index (χ0) is 10.8. The molecule has 0 aromatic carbocycles. The molecule has 0 bridgehead atoms. The Hall–Kier alpha value is -1.25. The molecule has 3 nitrogen and oxygen atoms in total. The number of hydrogen-bond donors (Lipinski definition) is 0. The average Bonchev–Trinajstić information content (AvgIpc) is 2.94. The molecule has 0 amide bonds. The van der Waals surface area contributed by atoms with E-state index in [-0.39, 0.29) is 6.10 Å². The number of rotatable bonds is 4. The lowest BCUT2D eigenvalue weighted by atomic mass is 10.2. The van der Waals surface area contributed by atoms with Gasteiger partial charge in [-0.05, 0) is 33.6 Å². The molecular weight excluding hydrogens is 190 g/mol. The zero-order valence-corrected chi connectivity index (χ0v) is 9.49. The van der Waals surface area contributed by atoms with Crippen molar-refractivity contribution in [2.24, 2.45) is 0 Å². The largest absolute Gasteiger partial charge is 0.487 e. The second-order valence-corrected chi connectivity index (χ2v) is 4.27. The molecule has 0 N–H and O–H groups in total. The summed E-state index contributed by atoms with van der Waals surface area (Å²) < 4.78 is 11.5. The summed E-state index contributed by atoms with van der Waals surface area (Å²) in [6.07, 6.45) is 6.38. The molecule has 0 saturated heterocycles. The van der Waals surface area contributed by atoms with Crippen LogP contribution < -0.4 is 9.47 Å². The van der Waals surface area contributed by atoms with E-state index >= 15 is 0 Å². The smallest absolute Gasteiger partial charge is 0.180 e. The maximum atomic E-state index is 5.75. The molecule has 82 valence electrons. The fourth-order valence-electron chi connectivity index (χ4n) is 1.36. The van der Waals surface area contributed by atoms with Gasteiger partial charge in [-0.3, -0.25) is 4.98 Å². The Balaban J connectivity index is 2.21. The van der Waals surface area contributed by atoms with Crippen molar-refractivity contribution >= 4 is 0 Å². The van der Waals surface area contributed by atoms with Crippen LogP contribution >= 0.6 is 0 Å². The van der Waals surface area contributed by atoms with Crippen LogP contribution in [-0.2, 0) is 0 Å². The lowest BCUT2D eigenvalue weighted by Gasteiger charge is -2.16. The predicted octanol–water partition coefficient (Wildman–Crippen LogP) is 2.72. The van der Waals surface area contributed by atoms with Gasteiger partial charge in [0.25, 0.3) is 0 Å². The molecule has 1 heterocycles. The summed E-state index contributed by atoms with van der Waals surface area (Å²) in [6, 6.07) is 0. The van der Waals surface area contributed by atoms with Gasteiger partial charge in [0, 0.05) is 11.8 Å². The predicted molar refractivity (Wildman–Crippen MR) is 58.4 cm³/mol. The highest BCUT2D eigenvalue weighted by Crippen LogP contribution is 2.35. The van der Waals surface area contributed by atoms with Crippen molar-refractivity contribution in [2.45, 2.75) is 45.8 Å². The topological polar surface area (TPSA) is 31.4 Å². The molecule has 15 heavy (non-hydrogen) atoms. The van der Waals surface area contributed by atoms with Crippen molar-refractivity contribution in [3.05, 3.63) is 18.0 Å². The molecule has 1 aliphatic rings. The molecule has 1 saturated carbocycles. The van der Waals surface area contributed by atoms with Crippen LogP contribution in [0.1, 0.15) is 32.3 Å². The van der Waals surface area contributed by atoms with Gasteiger partial charge in [-0.1, -0.05) is 0 Å². The minimum atomic E-state index is 0.160. The van der Waals surface area contributed by atoms with Crippen LogP contribution in [0.2, 0.25) is 0 Å². The van der Waals surface area contributed by atoms with Gasteiger partial charge in [0.1, 0.15) is 0 Å². The first kappa shape index (κ1) is 10.3.